The van der Waals surface area contributed by atoms with Gasteiger partial charge in [-0.25, -0.2) is 4.79 Å². The maximum Gasteiger partial charge on any atom is 0.332 e. The molecule has 0 aromatic carbocycles. The fourth-order valence-corrected chi connectivity index (χ4v) is 4.29. The van der Waals surface area contributed by atoms with Crippen LogP contribution in [0.1, 0.15) is 32.1 Å². The van der Waals surface area contributed by atoms with Crippen LogP contribution in [0.5, 0.6) is 0 Å². The van der Waals surface area contributed by atoms with E-state index in [9.17, 15) is 9.59 Å². The molecule has 0 amide bonds. The summed E-state index contributed by atoms with van der Waals surface area (Å²) in [6.07, 6.45) is 4.77. The summed E-state index contributed by atoms with van der Waals surface area (Å²) in [5.41, 5.74) is 0.303. The molecule has 3 heterocycles. The molecule has 4 aliphatic rings. The minimum absolute atomic E-state index is 0.160. The molecule has 1 aliphatic carbocycles. The molecule has 0 radical (unpaired) electrons. The summed E-state index contributed by atoms with van der Waals surface area (Å²) in [7, 11) is 1.43. The molecule has 0 bridgehead atoms. The number of rotatable bonds is 1. The smallest absolute Gasteiger partial charge is 0.332 e. The third-order valence-electron chi connectivity index (χ3n) is 5.31. The molecule has 4 rings (SSSR count). The highest BCUT2D eigenvalue weighted by Gasteiger charge is 2.71. The fraction of sp³-hybridized carbons (Fsp3) is 0.733. The number of ether oxygens (including phenoxy) is 1. The van der Waals surface area contributed by atoms with Gasteiger partial charge in [0, 0.05) is 25.2 Å². The molecule has 5 heteroatoms. The van der Waals surface area contributed by atoms with E-state index < -0.39 is 5.54 Å². The molecule has 1 saturated carbocycles. The van der Waals surface area contributed by atoms with Crippen molar-refractivity contribution in [3.05, 3.63) is 11.4 Å². The third kappa shape index (κ3) is 1.33. The van der Waals surface area contributed by atoms with Gasteiger partial charge >= 0.3 is 5.97 Å². The zero-order chi connectivity index (χ0) is 13.9. The first-order chi connectivity index (χ1) is 9.70. The largest absolute Gasteiger partial charge is 0.467 e. The molecule has 0 aromatic heterocycles. The summed E-state index contributed by atoms with van der Waals surface area (Å²) in [4.78, 5) is 29.5. The monoisotopic (exact) mass is 276 g/mol. The number of fused-ring (bicyclic) bond motifs is 2. The van der Waals surface area contributed by atoms with E-state index in [4.69, 9.17) is 4.74 Å². The van der Waals surface area contributed by atoms with Gasteiger partial charge in [0.25, 0.3) is 0 Å². The van der Waals surface area contributed by atoms with E-state index in [0.717, 1.165) is 56.7 Å². The standard InChI is InChI=1S/C15H20N2O3/c1-20-14(19)15-9-11(15)12(18)10-5-2-3-6-16-7-4-8-17(15)13(10)16/h11H,2-9H2,1H3/t11-,15-/m1/s1. The van der Waals surface area contributed by atoms with Gasteiger partial charge in [-0.15, -0.1) is 0 Å². The van der Waals surface area contributed by atoms with Crippen molar-refractivity contribution in [2.75, 3.05) is 26.7 Å². The lowest BCUT2D eigenvalue weighted by atomic mass is 9.93. The van der Waals surface area contributed by atoms with Crippen LogP contribution in [0.25, 0.3) is 0 Å². The van der Waals surface area contributed by atoms with Gasteiger partial charge < -0.3 is 14.5 Å². The van der Waals surface area contributed by atoms with Crippen LogP contribution < -0.4 is 0 Å². The van der Waals surface area contributed by atoms with Crippen molar-refractivity contribution >= 4 is 11.8 Å². The molecule has 2 atom stereocenters. The number of esters is 1. The predicted molar refractivity (Wildman–Crippen MR) is 71.6 cm³/mol. The van der Waals surface area contributed by atoms with Crippen LogP contribution in [0.15, 0.2) is 11.4 Å². The number of allylic oxidation sites excluding steroid dienone is 1. The predicted octanol–water partition coefficient (Wildman–Crippen LogP) is 0.904. The van der Waals surface area contributed by atoms with Gasteiger partial charge in [-0.2, -0.15) is 0 Å². The van der Waals surface area contributed by atoms with Crippen molar-refractivity contribution in [1.82, 2.24) is 9.80 Å². The molecule has 0 N–H and O–H groups in total. The normalized spacial score (nSPS) is 35.2. The molecular formula is C15H20N2O3. The van der Waals surface area contributed by atoms with E-state index >= 15 is 0 Å². The molecule has 0 spiro atoms. The van der Waals surface area contributed by atoms with Crippen LogP contribution in [0.4, 0.5) is 0 Å². The number of Topliss-reactive ketones (excluding diaryl/α,β-unsaturated/α-hetero) is 1. The number of carbonyl (C=O) groups is 2. The fourth-order valence-electron chi connectivity index (χ4n) is 4.29. The third-order valence-corrected chi connectivity index (χ3v) is 5.31. The number of carbonyl (C=O) groups excluding carboxylic acids is 2. The number of ketones is 1. The minimum Gasteiger partial charge on any atom is -0.467 e. The molecule has 20 heavy (non-hydrogen) atoms. The molecule has 1 saturated heterocycles. The zero-order valence-electron chi connectivity index (χ0n) is 11.9. The Hall–Kier alpha value is -1.52. The van der Waals surface area contributed by atoms with Crippen molar-refractivity contribution in [2.24, 2.45) is 5.92 Å². The topological polar surface area (TPSA) is 49.9 Å². The van der Waals surface area contributed by atoms with E-state index in [1.165, 1.54) is 7.11 Å². The maximum absolute atomic E-state index is 12.7. The highest BCUT2D eigenvalue weighted by atomic mass is 16.5. The van der Waals surface area contributed by atoms with Gasteiger partial charge in [0.1, 0.15) is 5.82 Å². The van der Waals surface area contributed by atoms with Crippen LogP contribution in [0.2, 0.25) is 0 Å². The first-order valence-electron chi connectivity index (χ1n) is 7.58. The lowest BCUT2D eigenvalue weighted by Gasteiger charge is -2.46. The van der Waals surface area contributed by atoms with Crippen molar-refractivity contribution in [2.45, 2.75) is 37.6 Å². The Kier molecular flexibility index (Phi) is 2.44. The first kappa shape index (κ1) is 12.2. The van der Waals surface area contributed by atoms with Crippen LogP contribution in [-0.4, -0.2) is 53.8 Å². The zero-order valence-corrected chi connectivity index (χ0v) is 11.9. The maximum atomic E-state index is 12.7. The quantitative estimate of drug-likeness (QED) is 0.666. The van der Waals surface area contributed by atoms with Crippen LogP contribution >= 0.6 is 0 Å². The van der Waals surface area contributed by atoms with Gasteiger partial charge in [-0.1, -0.05) is 0 Å². The molecular weight excluding hydrogens is 256 g/mol. The van der Waals surface area contributed by atoms with Gasteiger partial charge in [0.05, 0.1) is 13.0 Å². The van der Waals surface area contributed by atoms with Gasteiger partial charge in [-0.05, 0) is 32.1 Å². The van der Waals surface area contributed by atoms with E-state index in [1.807, 2.05) is 0 Å². The van der Waals surface area contributed by atoms with Crippen LogP contribution in [0, 0.1) is 5.92 Å². The Morgan fingerprint density at radius 3 is 2.85 bits per heavy atom. The molecule has 5 nitrogen and oxygen atoms in total. The highest BCUT2D eigenvalue weighted by molar-refractivity contribution is 6.08. The first-order valence-corrected chi connectivity index (χ1v) is 7.58. The lowest BCUT2D eigenvalue weighted by Crippen LogP contribution is -2.56. The van der Waals surface area contributed by atoms with E-state index in [-0.39, 0.29) is 17.7 Å². The highest BCUT2D eigenvalue weighted by Crippen LogP contribution is 2.57. The van der Waals surface area contributed by atoms with Crippen LogP contribution in [-0.2, 0) is 14.3 Å². The molecule has 3 aliphatic heterocycles. The second kappa shape index (κ2) is 3.99. The van der Waals surface area contributed by atoms with Crippen molar-refractivity contribution < 1.29 is 14.3 Å². The Bertz CT molecular complexity index is 527. The second-order valence-corrected chi connectivity index (χ2v) is 6.29. The van der Waals surface area contributed by atoms with E-state index in [1.54, 1.807) is 0 Å². The molecule has 0 aromatic rings. The summed E-state index contributed by atoms with van der Waals surface area (Å²) in [6, 6.07) is 0. The van der Waals surface area contributed by atoms with Crippen LogP contribution in [0.3, 0.4) is 0 Å². The average Bonchev–Trinajstić information content (AvgIpc) is 3.25. The Morgan fingerprint density at radius 1 is 1.25 bits per heavy atom. The Morgan fingerprint density at radius 2 is 2.05 bits per heavy atom. The van der Waals surface area contributed by atoms with Crippen molar-refractivity contribution in [3.63, 3.8) is 0 Å². The SMILES string of the molecule is COC(=O)[C@@]12C[C@@H]1C(=O)C1=C3N(CCCC1)CCCN32. The summed E-state index contributed by atoms with van der Waals surface area (Å²) < 4.78 is 5.01. The summed E-state index contributed by atoms with van der Waals surface area (Å²) in [5.74, 6) is 0.869. The average molecular weight is 276 g/mol. The number of hydrogen-bond acceptors (Lipinski definition) is 5. The van der Waals surface area contributed by atoms with Gasteiger partial charge in [0.15, 0.2) is 11.3 Å². The molecule has 108 valence electrons. The van der Waals surface area contributed by atoms with E-state index in [2.05, 4.69) is 9.80 Å². The Labute approximate surface area is 118 Å². The summed E-state index contributed by atoms with van der Waals surface area (Å²) in [6.45, 7) is 2.88. The van der Waals surface area contributed by atoms with Crippen molar-refractivity contribution in [3.8, 4) is 0 Å². The van der Waals surface area contributed by atoms with Gasteiger partial charge in [-0.3, -0.25) is 4.79 Å². The number of nitrogens with zero attached hydrogens (tertiary/aromatic N) is 2. The summed E-state index contributed by atoms with van der Waals surface area (Å²) >= 11 is 0. The second-order valence-electron chi connectivity index (χ2n) is 6.29. The molecule has 2 fully saturated rings. The van der Waals surface area contributed by atoms with E-state index in [0.29, 0.717) is 6.42 Å². The number of hydrogen-bond donors (Lipinski definition) is 0. The lowest BCUT2D eigenvalue weighted by molar-refractivity contribution is -0.151. The summed E-state index contributed by atoms with van der Waals surface area (Å²) in [5, 5.41) is 0. The number of methoxy groups -OCH3 is 1. The molecule has 0 unspecified atom stereocenters. The van der Waals surface area contributed by atoms with Crippen molar-refractivity contribution in [1.29, 1.82) is 0 Å². The minimum atomic E-state index is -0.673. The Balaban J connectivity index is 1.83. The van der Waals surface area contributed by atoms with Gasteiger partial charge in [0.2, 0.25) is 0 Å².